The van der Waals surface area contributed by atoms with E-state index in [1.807, 2.05) is 19.1 Å². The monoisotopic (exact) mass is 560 g/mol. The molecule has 0 spiro atoms. The molecular formula is C20H16BrF2IN2O2. The van der Waals surface area contributed by atoms with Crippen LogP contribution in [-0.2, 0) is 4.84 Å². The van der Waals surface area contributed by atoms with Gasteiger partial charge in [0.25, 0.3) is 5.91 Å². The molecule has 0 fully saturated rings. The van der Waals surface area contributed by atoms with Gasteiger partial charge in [0, 0.05) is 9.26 Å². The molecule has 28 heavy (non-hydrogen) atoms. The van der Waals surface area contributed by atoms with Gasteiger partial charge in [-0.1, -0.05) is 5.92 Å². The van der Waals surface area contributed by atoms with Crippen LogP contribution >= 0.6 is 38.5 Å². The molecular weight excluding hydrogens is 545 g/mol. The smallest absolute Gasteiger partial charge is 0.277 e. The SMILES string of the molecule is C#CC(C)=CCONC(=O)c1cc(Br)c(F)c(F)c1Nc1ccc(I)cc1C. The number of hydroxylamine groups is 1. The molecule has 0 aliphatic carbocycles. The molecule has 146 valence electrons. The number of amides is 1. The van der Waals surface area contributed by atoms with Gasteiger partial charge in [-0.15, -0.1) is 6.42 Å². The number of halogens is 4. The van der Waals surface area contributed by atoms with E-state index in [2.05, 4.69) is 55.2 Å². The number of aryl methyl sites for hydroxylation is 1. The van der Waals surface area contributed by atoms with E-state index in [0.717, 1.165) is 9.13 Å². The summed E-state index contributed by atoms with van der Waals surface area (Å²) in [5.41, 5.74) is 3.78. The van der Waals surface area contributed by atoms with E-state index in [-0.39, 0.29) is 22.3 Å². The van der Waals surface area contributed by atoms with Crippen LogP contribution in [0.1, 0.15) is 22.8 Å². The average Bonchev–Trinajstić information content (AvgIpc) is 2.66. The van der Waals surface area contributed by atoms with Crippen LogP contribution in [0.25, 0.3) is 0 Å². The van der Waals surface area contributed by atoms with Crippen molar-refractivity contribution in [1.29, 1.82) is 0 Å². The topological polar surface area (TPSA) is 50.4 Å². The maximum Gasteiger partial charge on any atom is 0.277 e. The summed E-state index contributed by atoms with van der Waals surface area (Å²) in [7, 11) is 0. The molecule has 2 aromatic carbocycles. The predicted octanol–water partition coefficient (Wildman–Crippen LogP) is 5.62. The second-order valence-corrected chi connectivity index (χ2v) is 7.87. The Bertz CT molecular complexity index is 987. The van der Waals surface area contributed by atoms with E-state index < -0.39 is 17.5 Å². The minimum absolute atomic E-state index is 0.0333. The number of nitrogens with one attached hydrogen (secondary N) is 2. The molecule has 2 rings (SSSR count). The Balaban J connectivity index is 2.33. The normalized spacial score (nSPS) is 11.1. The van der Waals surface area contributed by atoms with Crippen LogP contribution in [0.4, 0.5) is 20.2 Å². The van der Waals surface area contributed by atoms with Crippen LogP contribution in [0, 0.1) is 34.5 Å². The van der Waals surface area contributed by atoms with Crippen molar-refractivity contribution >= 4 is 55.8 Å². The van der Waals surface area contributed by atoms with E-state index in [1.54, 1.807) is 19.1 Å². The van der Waals surface area contributed by atoms with Gasteiger partial charge in [0.1, 0.15) is 0 Å². The standard InChI is InChI=1S/C20H16BrF2IN2O2/c1-4-11(2)7-8-28-26-20(27)14-10-15(21)17(22)18(23)19(14)25-16-6-5-13(24)9-12(16)3/h1,5-7,9-10,25H,8H2,2-3H3,(H,26,27). The Morgan fingerprint density at radius 2 is 2.07 bits per heavy atom. The van der Waals surface area contributed by atoms with E-state index in [1.165, 1.54) is 6.07 Å². The fourth-order valence-electron chi connectivity index (χ4n) is 2.19. The number of carbonyl (C=O) groups is 1. The molecule has 0 radical (unpaired) electrons. The van der Waals surface area contributed by atoms with E-state index in [0.29, 0.717) is 11.3 Å². The summed E-state index contributed by atoms with van der Waals surface area (Å²) < 4.78 is 29.5. The first-order chi connectivity index (χ1) is 13.2. The number of rotatable bonds is 6. The van der Waals surface area contributed by atoms with Gasteiger partial charge >= 0.3 is 0 Å². The Morgan fingerprint density at radius 3 is 2.71 bits per heavy atom. The Hall–Kier alpha value is -1.96. The number of anilines is 2. The van der Waals surface area contributed by atoms with Crippen molar-refractivity contribution in [2.75, 3.05) is 11.9 Å². The molecule has 1 amide bonds. The fraction of sp³-hybridized carbons (Fsp3) is 0.150. The van der Waals surface area contributed by atoms with Gasteiger partial charge in [-0.05, 0) is 93.8 Å². The molecule has 0 saturated carbocycles. The minimum Gasteiger partial charge on any atom is -0.352 e. The van der Waals surface area contributed by atoms with Gasteiger partial charge in [-0.2, -0.15) is 0 Å². The highest BCUT2D eigenvalue weighted by Crippen LogP contribution is 2.32. The number of hydrogen-bond donors (Lipinski definition) is 2. The minimum atomic E-state index is -1.18. The molecule has 0 bridgehead atoms. The molecule has 0 saturated heterocycles. The second kappa shape index (κ2) is 10.0. The molecule has 4 nitrogen and oxygen atoms in total. The summed E-state index contributed by atoms with van der Waals surface area (Å²) in [6, 6.07) is 6.59. The molecule has 0 atom stereocenters. The van der Waals surface area contributed by atoms with Gasteiger partial charge in [0.05, 0.1) is 22.3 Å². The Labute approximate surface area is 184 Å². The molecule has 0 heterocycles. The molecule has 8 heteroatoms. The van der Waals surface area contributed by atoms with Crippen molar-refractivity contribution in [2.45, 2.75) is 13.8 Å². The summed E-state index contributed by atoms with van der Waals surface area (Å²) in [4.78, 5) is 17.5. The molecule has 2 N–H and O–H groups in total. The average molecular weight is 561 g/mol. The highest BCUT2D eigenvalue weighted by molar-refractivity contribution is 14.1. The summed E-state index contributed by atoms with van der Waals surface area (Å²) in [5, 5.41) is 2.81. The van der Waals surface area contributed by atoms with Crippen LogP contribution < -0.4 is 10.8 Å². The largest absolute Gasteiger partial charge is 0.352 e. The Morgan fingerprint density at radius 1 is 1.36 bits per heavy atom. The zero-order valence-electron chi connectivity index (χ0n) is 15.0. The zero-order chi connectivity index (χ0) is 20.8. The highest BCUT2D eigenvalue weighted by atomic mass is 127. The summed E-state index contributed by atoms with van der Waals surface area (Å²) in [6.45, 7) is 3.56. The zero-order valence-corrected chi connectivity index (χ0v) is 18.7. The predicted molar refractivity (Wildman–Crippen MR) is 117 cm³/mol. The molecule has 0 aliphatic rings. The van der Waals surface area contributed by atoms with Gasteiger partial charge in [0.15, 0.2) is 11.6 Å². The number of benzene rings is 2. The maximum absolute atomic E-state index is 14.6. The third-order valence-electron chi connectivity index (χ3n) is 3.72. The van der Waals surface area contributed by atoms with E-state index in [4.69, 9.17) is 11.3 Å². The van der Waals surface area contributed by atoms with Crippen molar-refractivity contribution in [3.05, 3.63) is 66.7 Å². The van der Waals surface area contributed by atoms with Gasteiger partial charge in [-0.25, -0.2) is 14.3 Å². The van der Waals surface area contributed by atoms with Crippen molar-refractivity contribution in [3.63, 3.8) is 0 Å². The lowest BCUT2D eigenvalue weighted by molar-refractivity contribution is 0.0420. The molecule has 2 aromatic rings. The van der Waals surface area contributed by atoms with Crippen molar-refractivity contribution in [2.24, 2.45) is 0 Å². The lowest BCUT2D eigenvalue weighted by Gasteiger charge is -2.16. The van der Waals surface area contributed by atoms with Crippen LogP contribution in [0.5, 0.6) is 0 Å². The quantitative estimate of drug-likeness (QED) is 0.158. The Kier molecular flexibility index (Phi) is 7.98. The van der Waals surface area contributed by atoms with Crippen LogP contribution in [0.15, 0.2) is 40.4 Å². The number of carbonyl (C=O) groups excluding carboxylic acids is 1. The number of allylic oxidation sites excluding steroid dienone is 1. The maximum atomic E-state index is 14.6. The van der Waals surface area contributed by atoms with Crippen molar-refractivity contribution < 1.29 is 18.4 Å². The lowest BCUT2D eigenvalue weighted by Crippen LogP contribution is -2.25. The van der Waals surface area contributed by atoms with Gasteiger partial charge < -0.3 is 5.32 Å². The summed E-state index contributed by atoms with van der Waals surface area (Å²) in [5.74, 6) is -0.608. The first kappa shape index (κ1) is 22.3. The lowest BCUT2D eigenvalue weighted by atomic mass is 10.1. The van der Waals surface area contributed by atoms with E-state index in [9.17, 15) is 13.6 Å². The van der Waals surface area contributed by atoms with Crippen molar-refractivity contribution in [3.8, 4) is 12.3 Å². The number of terminal acetylenes is 1. The third-order valence-corrected chi connectivity index (χ3v) is 4.97. The van der Waals surface area contributed by atoms with Gasteiger partial charge in [0.2, 0.25) is 0 Å². The first-order valence-electron chi connectivity index (χ1n) is 8.00. The molecule has 0 unspecified atom stereocenters. The third kappa shape index (κ3) is 5.53. The molecule has 0 aliphatic heterocycles. The van der Waals surface area contributed by atoms with Crippen LogP contribution in [0.2, 0.25) is 0 Å². The fourth-order valence-corrected chi connectivity index (χ4v) is 3.24. The van der Waals surface area contributed by atoms with Crippen LogP contribution in [0.3, 0.4) is 0 Å². The second-order valence-electron chi connectivity index (χ2n) is 5.77. The van der Waals surface area contributed by atoms with E-state index >= 15 is 0 Å². The summed E-state index contributed by atoms with van der Waals surface area (Å²) >= 11 is 5.07. The van der Waals surface area contributed by atoms with Crippen molar-refractivity contribution in [1.82, 2.24) is 5.48 Å². The highest BCUT2D eigenvalue weighted by Gasteiger charge is 2.22. The van der Waals surface area contributed by atoms with Crippen LogP contribution in [-0.4, -0.2) is 12.5 Å². The first-order valence-corrected chi connectivity index (χ1v) is 9.88. The number of hydrogen-bond acceptors (Lipinski definition) is 3. The molecule has 0 aromatic heterocycles. The summed E-state index contributed by atoms with van der Waals surface area (Å²) in [6.07, 6.45) is 6.81. The van der Waals surface area contributed by atoms with Gasteiger partial charge in [-0.3, -0.25) is 9.63 Å².